The number of aryl methyl sites for hydroxylation is 1. The average Bonchev–Trinajstić information content (AvgIpc) is 2.91. The normalized spacial score (nSPS) is 29.2. The van der Waals surface area contributed by atoms with Gasteiger partial charge in [0.05, 0.1) is 11.0 Å². The zero-order valence-corrected chi connectivity index (χ0v) is 13.4. The van der Waals surface area contributed by atoms with Crippen molar-refractivity contribution in [2.75, 3.05) is 0 Å². The Morgan fingerprint density at radius 2 is 2.05 bits per heavy atom. The van der Waals surface area contributed by atoms with E-state index in [1.807, 2.05) is 0 Å². The van der Waals surface area contributed by atoms with Gasteiger partial charge in [0.1, 0.15) is 5.82 Å². The van der Waals surface area contributed by atoms with E-state index < -0.39 is 0 Å². The van der Waals surface area contributed by atoms with Gasteiger partial charge in [0, 0.05) is 30.0 Å². The molecule has 106 valence electrons. The van der Waals surface area contributed by atoms with Gasteiger partial charge in [-0.3, -0.25) is 0 Å². The fourth-order valence-electron chi connectivity index (χ4n) is 4.01. The van der Waals surface area contributed by atoms with Crippen molar-refractivity contribution in [2.45, 2.75) is 44.2 Å². The zero-order chi connectivity index (χ0) is 13.7. The molecule has 2 saturated heterocycles. The number of imidazole rings is 1. The van der Waals surface area contributed by atoms with E-state index in [1.165, 1.54) is 37.0 Å². The molecule has 0 aliphatic carbocycles. The number of nitrogens with one attached hydrogen (secondary N) is 1. The topological polar surface area (TPSA) is 29.9 Å². The van der Waals surface area contributed by atoms with E-state index in [2.05, 4.69) is 51.1 Å². The molecule has 4 heteroatoms. The predicted molar refractivity (Wildman–Crippen MR) is 84.8 cm³/mol. The van der Waals surface area contributed by atoms with E-state index in [0.29, 0.717) is 0 Å². The maximum atomic E-state index is 4.85. The summed E-state index contributed by atoms with van der Waals surface area (Å²) in [6, 6.07) is 7.90. The maximum Gasteiger partial charge on any atom is 0.109 e. The van der Waals surface area contributed by atoms with Crippen molar-refractivity contribution >= 4 is 27.0 Å². The first kappa shape index (κ1) is 12.8. The zero-order valence-electron chi connectivity index (χ0n) is 11.8. The minimum Gasteiger partial charge on any atom is -0.331 e. The fourth-order valence-corrected chi connectivity index (χ4v) is 4.35. The molecule has 2 fully saturated rings. The summed E-state index contributed by atoms with van der Waals surface area (Å²) in [5.41, 5.74) is 2.34. The monoisotopic (exact) mass is 333 g/mol. The van der Waals surface area contributed by atoms with Crippen molar-refractivity contribution in [2.24, 2.45) is 13.0 Å². The number of nitrogens with zero attached hydrogens (tertiary/aromatic N) is 2. The number of piperidine rings is 1. The van der Waals surface area contributed by atoms with Crippen LogP contribution in [0.1, 0.15) is 31.5 Å². The van der Waals surface area contributed by atoms with E-state index in [-0.39, 0.29) is 0 Å². The summed E-state index contributed by atoms with van der Waals surface area (Å²) in [4.78, 5) is 4.85. The van der Waals surface area contributed by atoms with Crippen LogP contribution < -0.4 is 5.32 Å². The van der Waals surface area contributed by atoms with Crippen LogP contribution in [0.5, 0.6) is 0 Å². The molecule has 2 bridgehead atoms. The Bertz CT molecular complexity index is 636. The van der Waals surface area contributed by atoms with Crippen LogP contribution in [0, 0.1) is 5.92 Å². The van der Waals surface area contributed by atoms with Crippen LogP contribution in [-0.2, 0) is 13.5 Å². The van der Waals surface area contributed by atoms with E-state index in [1.54, 1.807) is 0 Å². The second-order valence-electron chi connectivity index (χ2n) is 6.40. The van der Waals surface area contributed by atoms with E-state index in [0.717, 1.165) is 34.4 Å². The number of benzene rings is 1. The van der Waals surface area contributed by atoms with Gasteiger partial charge in [-0.2, -0.15) is 0 Å². The first-order valence-electron chi connectivity index (χ1n) is 7.56. The number of hydrogen-bond acceptors (Lipinski definition) is 2. The highest BCUT2D eigenvalue weighted by Gasteiger charge is 2.33. The van der Waals surface area contributed by atoms with Crippen molar-refractivity contribution in [3.05, 3.63) is 28.5 Å². The summed E-state index contributed by atoms with van der Waals surface area (Å²) in [7, 11) is 2.15. The number of fused-ring (bicyclic) bond motifs is 3. The molecule has 1 aromatic heterocycles. The van der Waals surface area contributed by atoms with Crippen LogP contribution in [0.3, 0.4) is 0 Å². The van der Waals surface area contributed by atoms with Crippen molar-refractivity contribution in [1.82, 2.24) is 14.9 Å². The smallest absolute Gasteiger partial charge is 0.109 e. The highest BCUT2D eigenvalue weighted by atomic mass is 79.9. The minimum absolute atomic E-state index is 0.766. The molecule has 1 N–H and O–H groups in total. The summed E-state index contributed by atoms with van der Waals surface area (Å²) in [5.74, 6) is 2.04. The standard InChI is InChI=1S/C16H20BrN3/c1-20-15-5-2-11(17)9-14(15)19-16(20)8-10-6-12-3-4-13(7-10)18-12/h2,5,9-10,12-13,18H,3-4,6-8H2,1H3. The minimum atomic E-state index is 0.766. The lowest BCUT2D eigenvalue weighted by Crippen LogP contribution is -2.38. The van der Waals surface area contributed by atoms with Gasteiger partial charge < -0.3 is 9.88 Å². The Morgan fingerprint density at radius 1 is 1.30 bits per heavy atom. The highest BCUT2D eigenvalue weighted by molar-refractivity contribution is 9.10. The number of hydrogen-bond donors (Lipinski definition) is 1. The molecule has 2 aliphatic heterocycles. The molecule has 0 saturated carbocycles. The highest BCUT2D eigenvalue weighted by Crippen LogP contribution is 2.33. The molecule has 2 aliphatic rings. The Balaban J connectivity index is 1.61. The van der Waals surface area contributed by atoms with Crippen LogP contribution in [0.15, 0.2) is 22.7 Å². The summed E-state index contributed by atoms with van der Waals surface area (Å²) in [5, 5.41) is 3.72. The third kappa shape index (κ3) is 2.19. The Hall–Kier alpha value is -0.870. The molecular formula is C16H20BrN3. The molecule has 0 spiro atoms. The molecule has 20 heavy (non-hydrogen) atoms. The Morgan fingerprint density at radius 3 is 2.80 bits per heavy atom. The van der Waals surface area contributed by atoms with Crippen molar-refractivity contribution in [3.63, 3.8) is 0 Å². The lowest BCUT2D eigenvalue weighted by atomic mass is 9.89. The largest absolute Gasteiger partial charge is 0.331 e. The third-order valence-electron chi connectivity index (χ3n) is 4.98. The molecule has 2 atom stereocenters. The quantitative estimate of drug-likeness (QED) is 0.912. The summed E-state index contributed by atoms with van der Waals surface area (Å²) < 4.78 is 3.38. The number of rotatable bonds is 2. The SMILES string of the molecule is Cn1c(CC2CC3CCC(C2)N3)nc2cc(Br)ccc21. The molecule has 3 nitrogen and oxygen atoms in total. The number of halogens is 1. The van der Waals surface area contributed by atoms with E-state index >= 15 is 0 Å². The first-order chi connectivity index (χ1) is 9.69. The van der Waals surface area contributed by atoms with Crippen LogP contribution >= 0.6 is 15.9 Å². The Kier molecular flexibility index (Phi) is 3.11. The second-order valence-corrected chi connectivity index (χ2v) is 7.32. The molecule has 2 unspecified atom stereocenters. The van der Waals surface area contributed by atoms with Crippen LogP contribution in [0.2, 0.25) is 0 Å². The fraction of sp³-hybridized carbons (Fsp3) is 0.562. The summed E-state index contributed by atoms with van der Waals surface area (Å²) in [6.07, 6.45) is 6.51. The average molecular weight is 334 g/mol. The molecule has 0 amide bonds. The van der Waals surface area contributed by atoms with Gasteiger partial charge >= 0.3 is 0 Å². The van der Waals surface area contributed by atoms with Gasteiger partial charge in [0.15, 0.2) is 0 Å². The first-order valence-corrected chi connectivity index (χ1v) is 8.35. The molecule has 0 radical (unpaired) electrons. The van der Waals surface area contributed by atoms with E-state index in [9.17, 15) is 0 Å². The molecule has 3 heterocycles. The second kappa shape index (κ2) is 4.85. The Labute approximate surface area is 127 Å². The van der Waals surface area contributed by atoms with Gasteiger partial charge in [0.25, 0.3) is 0 Å². The van der Waals surface area contributed by atoms with Crippen LogP contribution in [-0.4, -0.2) is 21.6 Å². The summed E-state index contributed by atoms with van der Waals surface area (Å²) >= 11 is 3.53. The van der Waals surface area contributed by atoms with Gasteiger partial charge in [0.2, 0.25) is 0 Å². The number of aromatic nitrogens is 2. The van der Waals surface area contributed by atoms with Gasteiger partial charge in [-0.1, -0.05) is 15.9 Å². The third-order valence-corrected chi connectivity index (χ3v) is 5.47. The molecular weight excluding hydrogens is 314 g/mol. The van der Waals surface area contributed by atoms with Crippen molar-refractivity contribution in [3.8, 4) is 0 Å². The van der Waals surface area contributed by atoms with Crippen LogP contribution in [0.4, 0.5) is 0 Å². The van der Waals surface area contributed by atoms with Gasteiger partial charge in [-0.15, -0.1) is 0 Å². The lowest BCUT2D eigenvalue weighted by molar-refractivity contribution is 0.294. The van der Waals surface area contributed by atoms with Gasteiger partial charge in [-0.25, -0.2) is 4.98 Å². The summed E-state index contributed by atoms with van der Waals surface area (Å²) in [6.45, 7) is 0. The predicted octanol–water partition coefficient (Wildman–Crippen LogP) is 3.41. The van der Waals surface area contributed by atoms with Gasteiger partial charge in [-0.05, 0) is 49.8 Å². The lowest BCUT2D eigenvalue weighted by Gasteiger charge is -2.28. The van der Waals surface area contributed by atoms with E-state index in [4.69, 9.17) is 4.98 Å². The molecule has 2 aromatic rings. The maximum absolute atomic E-state index is 4.85. The van der Waals surface area contributed by atoms with Crippen molar-refractivity contribution < 1.29 is 0 Å². The van der Waals surface area contributed by atoms with Crippen LogP contribution in [0.25, 0.3) is 11.0 Å². The molecule has 1 aromatic carbocycles. The van der Waals surface area contributed by atoms with Crippen molar-refractivity contribution in [1.29, 1.82) is 0 Å². The molecule has 4 rings (SSSR count).